The first kappa shape index (κ1) is 10.1. The van der Waals surface area contributed by atoms with Crippen molar-refractivity contribution in [2.24, 2.45) is 5.92 Å². The van der Waals surface area contributed by atoms with E-state index in [0.717, 1.165) is 0 Å². The zero-order valence-corrected chi connectivity index (χ0v) is 8.43. The van der Waals surface area contributed by atoms with E-state index in [0.29, 0.717) is 18.3 Å². The Kier molecular flexibility index (Phi) is 3.31. The van der Waals surface area contributed by atoms with Crippen LogP contribution in [0.5, 0.6) is 5.75 Å². The Bertz CT molecular complexity index is 291. The molecule has 1 rings (SSSR count). The van der Waals surface area contributed by atoms with Gasteiger partial charge in [-0.25, -0.2) is 4.79 Å². The summed E-state index contributed by atoms with van der Waals surface area (Å²) in [6.45, 7) is 4.59. The number of hydrogen-bond acceptors (Lipinski definition) is 3. The van der Waals surface area contributed by atoms with Crippen LogP contribution in [0.2, 0.25) is 0 Å². The number of carbonyl (C=O) groups is 1. The lowest BCUT2D eigenvalue weighted by molar-refractivity contribution is 0.0697. The third kappa shape index (κ3) is 2.73. The second-order valence-corrected chi connectivity index (χ2v) is 4.04. The van der Waals surface area contributed by atoms with Crippen molar-refractivity contribution in [1.29, 1.82) is 0 Å². The first-order valence-electron chi connectivity index (χ1n) is 4.05. The molecule has 0 aromatic carbocycles. The van der Waals surface area contributed by atoms with Crippen LogP contribution in [0.1, 0.15) is 23.5 Å². The zero-order valence-electron chi connectivity index (χ0n) is 7.61. The first-order valence-corrected chi connectivity index (χ1v) is 4.92. The molecular formula is C9H12O3S. The minimum Gasteiger partial charge on any atom is -0.492 e. The highest BCUT2D eigenvalue weighted by atomic mass is 32.1. The Morgan fingerprint density at radius 2 is 2.38 bits per heavy atom. The average molecular weight is 200 g/mol. The van der Waals surface area contributed by atoms with Gasteiger partial charge in [-0.05, 0) is 17.4 Å². The maximum Gasteiger partial charge on any atom is 0.349 e. The summed E-state index contributed by atoms with van der Waals surface area (Å²) in [6, 6.07) is 1.69. The average Bonchev–Trinajstić information content (AvgIpc) is 2.47. The van der Waals surface area contributed by atoms with E-state index in [2.05, 4.69) is 0 Å². The molecule has 72 valence electrons. The largest absolute Gasteiger partial charge is 0.492 e. The second-order valence-electron chi connectivity index (χ2n) is 3.12. The normalized spacial score (nSPS) is 10.4. The van der Waals surface area contributed by atoms with E-state index < -0.39 is 5.97 Å². The number of thiophene rings is 1. The van der Waals surface area contributed by atoms with Gasteiger partial charge < -0.3 is 9.84 Å². The minimum atomic E-state index is -0.922. The van der Waals surface area contributed by atoms with Gasteiger partial charge in [0, 0.05) is 0 Å². The van der Waals surface area contributed by atoms with Crippen molar-refractivity contribution in [2.75, 3.05) is 6.61 Å². The predicted octanol–water partition coefficient (Wildman–Crippen LogP) is 2.48. The summed E-state index contributed by atoms with van der Waals surface area (Å²) < 4.78 is 5.33. The SMILES string of the molecule is CC(C)COc1ccsc1C(=O)O. The number of hydrogen-bond donors (Lipinski definition) is 1. The summed E-state index contributed by atoms with van der Waals surface area (Å²) in [4.78, 5) is 10.9. The Balaban J connectivity index is 2.65. The molecule has 1 aromatic heterocycles. The van der Waals surface area contributed by atoms with E-state index in [4.69, 9.17) is 9.84 Å². The van der Waals surface area contributed by atoms with Crippen molar-refractivity contribution in [2.45, 2.75) is 13.8 Å². The molecule has 3 nitrogen and oxygen atoms in total. The van der Waals surface area contributed by atoms with E-state index in [1.807, 2.05) is 13.8 Å². The number of carboxylic acids is 1. The smallest absolute Gasteiger partial charge is 0.349 e. The zero-order chi connectivity index (χ0) is 9.84. The van der Waals surface area contributed by atoms with Gasteiger partial charge in [0.2, 0.25) is 0 Å². The van der Waals surface area contributed by atoms with Crippen LogP contribution in [0.3, 0.4) is 0 Å². The highest BCUT2D eigenvalue weighted by molar-refractivity contribution is 7.12. The van der Waals surface area contributed by atoms with E-state index >= 15 is 0 Å². The first-order chi connectivity index (χ1) is 6.11. The summed E-state index contributed by atoms with van der Waals surface area (Å²) in [5, 5.41) is 10.5. The third-order valence-corrected chi connectivity index (χ3v) is 2.28. The van der Waals surface area contributed by atoms with Gasteiger partial charge in [-0.15, -0.1) is 11.3 Å². The van der Waals surface area contributed by atoms with Crippen molar-refractivity contribution in [3.63, 3.8) is 0 Å². The predicted molar refractivity (Wildman–Crippen MR) is 51.6 cm³/mol. The maximum absolute atomic E-state index is 10.7. The topological polar surface area (TPSA) is 46.5 Å². The maximum atomic E-state index is 10.7. The molecule has 0 fully saturated rings. The van der Waals surface area contributed by atoms with Crippen molar-refractivity contribution < 1.29 is 14.6 Å². The summed E-state index contributed by atoms with van der Waals surface area (Å²) in [5.74, 6) is -0.0403. The van der Waals surface area contributed by atoms with Crippen LogP contribution in [-0.4, -0.2) is 17.7 Å². The molecule has 0 saturated carbocycles. The fourth-order valence-corrected chi connectivity index (χ4v) is 1.50. The molecule has 13 heavy (non-hydrogen) atoms. The molecule has 1 aromatic rings. The summed E-state index contributed by atoms with van der Waals surface area (Å²) in [7, 11) is 0. The van der Waals surface area contributed by atoms with Gasteiger partial charge in [0.05, 0.1) is 6.61 Å². The van der Waals surface area contributed by atoms with Crippen LogP contribution in [0.4, 0.5) is 0 Å². The molecule has 0 aliphatic heterocycles. The lowest BCUT2D eigenvalue weighted by Crippen LogP contribution is -2.06. The highest BCUT2D eigenvalue weighted by Crippen LogP contribution is 2.24. The van der Waals surface area contributed by atoms with Crippen molar-refractivity contribution in [1.82, 2.24) is 0 Å². The van der Waals surface area contributed by atoms with E-state index in [9.17, 15) is 4.79 Å². The van der Waals surface area contributed by atoms with E-state index in [1.54, 1.807) is 11.4 Å². The molecule has 0 saturated heterocycles. The third-order valence-electron chi connectivity index (χ3n) is 1.40. The Morgan fingerprint density at radius 3 is 2.92 bits per heavy atom. The van der Waals surface area contributed by atoms with Crippen LogP contribution >= 0.6 is 11.3 Å². The number of carboxylic acid groups (broad SMARTS) is 1. The Labute approximate surface area is 81.0 Å². The standard InChI is InChI=1S/C9H12O3S/c1-6(2)5-12-7-3-4-13-8(7)9(10)11/h3-4,6H,5H2,1-2H3,(H,10,11). The van der Waals surface area contributed by atoms with Gasteiger partial charge in [-0.2, -0.15) is 0 Å². The highest BCUT2D eigenvalue weighted by Gasteiger charge is 2.12. The van der Waals surface area contributed by atoms with Crippen molar-refractivity contribution >= 4 is 17.3 Å². The van der Waals surface area contributed by atoms with E-state index in [-0.39, 0.29) is 4.88 Å². The molecule has 0 amide bonds. The molecular weight excluding hydrogens is 188 g/mol. The molecule has 0 aliphatic carbocycles. The van der Waals surface area contributed by atoms with Gasteiger partial charge in [-0.3, -0.25) is 0 Å². The minimum absolute atomic E-state index is 0.278. The molecule has 0 bridgehead atoms. The second kappa shape index (κ2) is 4.28. The van der Waals surface area contributed by atoms with Gasteiger partial charge in [0.1, 0.15) is 5.75 Å². The van der Waals surface area contributed by atoms with Gasteiger partial charge in [0.15, 0.2) is 4.88 Å². The molecule has 1 N–H and O–H groups in total. The molecule has 0 unspecified atom stereocenters. The molecule has 0 atom stereocenters. The van der Waals surface area contributed by atoms with Crippen molar-refractivity contribution in [3.05, 3.63) is 16.3 Å². The lowest BCUT2D eigenvalue weighted by atomic mass is 10.2. The molecule has 0 spiro atoms. The summed E-state index contributed by atoms with van der Waals surface area (Å²) >= 11 is 1.18. The van der Waals surface area contributed by atoms with E-state index in [1.165, 1.54) is 11.3 Å². The van der Waals surface area contributed by atoms with Gasteiger partial charge >= 0.3 is 5.97 Å². The van der Waals surface area contributed by atoms with Gasteiger partial charge in [0.25, 0.3) is 0 Å². The van der Waals surface area contributed by atoms with Crippen LogP contribution < -0.4 is 4.74 Å². The molecule has 4 heteroatoms. The monoisotopic (exact) mass is 200 g/mol. The number of rotatable bonds is 4. The lowest BCUT2D eigenvalue weighted by Gasteiger charge is -2.07. The molecule has 1 heterocycles. The number of aromatic carboxylic acids is 1. The van der Waals surface area contributed by atoms with Crippen LogP contribution in [-0.2, 0) is 0 Å². The quantitative estimate of drug-likeness (QED) is 0.812. The molecule has 0 radical (unpaired) electrons. The fourth-order valence-electron chi connectivity index (χ4n) is 0.824. The molecule has 0 aliphatic rings. The van der Waals surface area contributed by atoms with Crippen LogP contribution in [0, 0.1) is 5.92 Å². The van der Waals surface area contributed by atoms with Gasteiger partial charge in [-0.1, -0.05) is 13.8 Å². The van der Waals surface area contributed by atoms with Crippen LogP contribution in [0.25, 0.3) is 0 Å². The Morgan fingerprint density at radius 1 is 1.69 bits per heavy atom. The summed E-state index contributed by atoms with van der Waals surface area (Å²) in [5.41, 5.74) is 0. The van der Waals surface area contributed by atoms with Crippen molar-refractivity contribution in [3.8, 4) is 5.75 Å². The Hall–Kier alpha value is -1.03. The number of ether oxygens (including phenoxy) is 1. The summed E-state index contributed by atoms with van der Waals surface area (Å²) in [6.07, 6.45) is 0. The van der Waals surface area contributed by atoms with Crippen LogP contribution in [0.15, 0.2) is 11.4 Å². The fraction of sp³-hybridized carbons (Fsp3) is 0.444.